The zero-order chi connectivity index (χ0) is 15.9. The molecular formula is C14H24N4O3S. The Kier molecular flexibility index (Phi) is 4.26. The van der Waals surface area contributed by atoms with E-state index in [1.165, 1.54) is 0 Å². The Morgan fingerprint density at radius 1 is 1.36 bits per heavy atom. The summed E-state index contributed by atoms with van der Waals surface area (Å²) < 4.78 is 31.7. The first-order valence-electron chi connectivity index (χ1n) is 7.83. The maximum Gasteiger partial charge on any atom is 0.216 e. The van der Waals surface area contributed by atoms with Gasteiger partial charge in [0.2, 0.25) is 10.0 Å². The largest absolute Gasteiger partial charge is 0.384 e. The number of sulfonamides is 1. The van der Waals surface area contributed by atoms with Crippen molar-refractivity contribution in [2.24, 2.45) is 5.92 Å². The van der Waals surface area contributed by atoms with E-state index in [9.17, 15) is 8.42 Å². The van der Waals surface area contributed by atoms with Crippen LogP contribution in [0, 0.1) is 5.92 Å². The van der Waals surface area contributed by atoms with Crippen LogP contribution in [0.15, 0.2) is 0 Å². The van der Waals surface area contributed by atoms with Crippen molar-refractivity contribution in [1.82, 2.24) is 19.5 Å². The highest BCUT2D eigenvalue weighted by Crippen LogP contribution is 2.39. The zero-order valence-corrected chi connectivity index (χ0v) is 14.1. The van der Waals surface area contributed by atoms with Crippen LogP contribution in [0.3, 0.4) is 0 Å². The molecule has 124 valence electrons. The van der Waals surface area contributed by atoms with Crippen LogP contribution in [-0.4, -0.2) is 60.0 Å². The molecule has 1 saturated carbocycles. The molecule has 2 heterocycles. The molecule has 1 N–H and O–H groups in total. The van der Waals surface area contributed by atoms with Crippen LogP contribution in [0.5, 0.6) is 0 Å². The predicted octanol–water partition coefficient (Wildman–Crippen LogP) is 1.08. The summed E-state index contributed by atoms with van der Waals surface area (Å²) in [5.41, 5.74) is 0. The van der Waals surface area contributed by atoms with Crippen LogP contribution in [0.2, 0.25) is 0 Å². The van der Waals surface area contributed by atoms with Crippen molar-refractivity contribution in [3.05, 3.63) is 11.6 Å². The summed E-state index contributed by atoms with van der Waals surface area (Å²) in [6, 6.07) is 0. The third kappa shape index (κ3) is 2.91. The van der Waals surface area contributed by atoms with Gasteiger partial charge in [0.15, 0.2) is 5.82 Å². The SMILES string of the molecule is COC[C@@H]1CN(S(=O)(=O)C(C)C)C[C@H]1c1nc(C2CC2)n[nH]1. The molecule has 22 heavy (non-hydrogen) atoms. The van der Waals surface area contributed by atoms with Crippen molar-refractivity contribution in [2.45, 2.75) is 43.8 Å². The zero-order valence-electron chi connectivity index (χ0n) is 13.3. The second-order valence-electron chi connectivity index (χ2n) is 6.59. The third-order valence-electron chi connectivity index (χ3n) is 4.56. The van der Waals surface area contributed by atoms with E-state index in [2.05, 4.69) is 15.2 Å². The minimum atomic E-state index is -3.25. The van der Waals surface area contributed by atoms with Gasteiger partial charge in [0, 0.05) is 38.0 Å². The lowest BCUT2D eigenvalue weighted by Crippen LogP contribution is -2.35. The average Bonchev–Trinajstić information content (AvgIpc) is 3.04. The Bertz CT molecular complexity index is 624. The molecule has 2 atom stereocenters. The fraction of sp³-hybridized carbons (Fsp3) is 0.857. The summed E-state index contributed by atoms with van der Waals surface area (Å²) in [4.78, 5) is 4.60. The van der Waals surface area contributed by atoms with E-state index in [4.69, 9.17) is 4.74 Å². The second kappa shape index (κ2) is 5.90. The van der Waals surface area contributed by atoms with E-state index in [-0.39, 0.29) is 11.8 Å². The summed E-state index contributed by atoms with van der Waals surface area (Å²) in [5, 5.41) is 6.90. The van der Waals surface area contributed by atoms with E-state index in [0.29, 0.717) is 25.6 Å². The summed E-state index contributed by atoms with van der Waals surface area (Å²) in [5.74, 6) is 2.29. The van der Waals surface area contributed by atoms with E-state index in [1.807, 2.05) is 0 Å². The van der Waals surface area contributed by atoms with Crippen molar-refractivity contribution in [3.63, 3.8) is 0 Å². The topological polar surface area (TPSA) is 88.2 Å². The summed E-state index contributed by atoms with van der Waals surface area (Å²) in [6.45, 7) is 4.89. The van der Waals surface area contributed by atoms with Gasteiger partial charge in [-0.25, -0.2) is 17.7 Å². The summed E-state index contributed by atoms with van der Waals surface area (Å²) in [6.07, 6.45) is 2.30. The first-order valence-corrected chi connectivity index (χ1v) is 9.34. The number of methoxy groups -OCH3 is 1. The number of H-pyrrole nitrogens is 1. The molecule has 0 spiro atoms. The van der Waals surface area contributed by atoms with E-state index in [1.54, 1.807) is 25.3 Å². The smallest absolute Gasteiger partial charge is 0.216 e. The lowest BCUT2D eigenvalue weighted by atomic mass is 9.96. The Morgan fingerprint density at radius 2 is 2.09 bits per heavy atom. The molecule has 2 aliphatic rings. The average molecular weight is 328 g/mol. The van der Waals surface area contributed by atoms with Gasteiger partial charge in [-0.2, -0.15) is 5.10 Å². The Hall–Kier alpha value is -0.990. The Labute approximate surface area is 131 Å². The number of aromatic amines is 1. The molecule has 0 radical (unpaired) electrons. The number of nitrogens with one attached hydrogen (secondary N) is 1. The van der Waals surface area contributed by atoms with Crippen molar-refractivity contribution >= 4 is 10.0 Å². The summed E-state index contributed by atoms with van der Waals surface area (Å²) in [7, 11) is -1.60. The highest BCUT2D eigenvalue weighted by atomic mass is 32.2. The minimum Gasteiger partial charge on any atom is -0.384 e. The monoisotopic (exact) mass is 328 g/mol. The maximum absolute atomic E-state index is 12.4. The number of rotatable bonds is 6. The van der Waals surface area contributed by atoms with Gasteiger partial charge >= 0.3 is 0 Å². The van der Waals surface area contributed by atoms with E-state index < -0.39 is 15.3 Å². The lowest BCUT2D eigenvalue weighted by Gasteiger charge is -2.18. The number of aromatic nitrogens is 3. The Balaban J connectivity index is 1.81. The van der Waals surface area contributed by atoms with Crippen LogP contribution < -0.4 is 0 Å². The molecule has 8 heteroatoms. The highest BCUT2D eigenvalue weighted by molar-refractivity contribution is 7.89. The normalized spacial score (nSPS) is 26.9. The van der Waals surface area contributed by atoms with Crippen molar-refractivity contribution in [2.75, 3.05) is 26.8 Å². The molecule has 0 bridgehead atoms. The molecule has 7 nitrogen and oxygen atoms in total. The van der Waals surface area contributed by atoms with E-state index in [0.717, 1.165) is 24.5 Å². The van der Waals surface area contributed by atoms with Gasteiger partial charge < -0.3 is 4.74 Å². The van der Waals surface area contributed by atoms with Gasteiger partial charge in [0.25, 0.3) is 0 Å². The summed E-state index contributed by atoms with van der Waals surface area (Å²) >= 11 is 0. The van der Waals surface area contributed by atoms with Gasteiger partial charge in [-0.05, 0) is 26.7 Å². The van der Waals surface area contributed by atoms with Crippen LogP contribution in [-0.2, 0) is 14.8 Å². The molecule has 0 unspecified atom stereocenters. The predicted molar refractivity (Wildman–Crippen MR) is 82.1 cm³/mol. The van der Waals surface area contributed by atoms with Crippen LogP contribution >= 0.6 is 0 Å². The molecule has 1 aliphatic carbocycles. The second-order valence-corrected chi connectivity index (χ2v) is 9.07. The number of nitrogens with zero attached hydrogens (tertiary/aromatic N) is 3. The molecule has 1 aromatic heterocycles. The molecule has 1 aliphatic heterocycles. The van der Waals surface area contributed by atoms with Crippen molar-refractivity contribution < 1.29 is 13.2 Å². The van der Waals surface area contributed by atoms with Gasteiger partial charge in [-0.15, -0.1) is 0 Å². The lowest BCUT2D eigenvalue weighted by molar-refractivity contribution is 0.150. The molecule has 0 amide bonds. The van der Waals surface area contributed by atoms with Crippen molar-refractivity contribution in [3.8, 4) is 0 Å². The number of hydrogen-bond donors (Lipinski definition) is 1. The van der Waals surface area contributed by atoms with Crippen LogP contribution in [0.1, 0.15) is 50.2 Å². The fourth-order valence-electron chi connectivity index (χ4n) is 3.01. The van der Waals surface area contributed by atoms with Crippen LogP contribution in [0.4, 0.5) is 0 Å². The molecule has 2 fully saturated rings. The van der Waals surface area contributed by atoms with Crippen LogP contribution in [0.25, 0.3) is 0 Å². The van der Waals surface area contributed by atoms with Crippen molar-refractivity contribution in [1.29, 1.82) is 0 Å². The molecule has 1 aromatic rings. The molecule has 1 saturated heterocycles. The third-order valence-corrected chi connectivity index (χ3v) is 6.77. The molecule has 3 rings (SSSR count). The quantitative estimate of drug-likeness (QED) is 0.844. The molecular weight excluding hydrogens is 304 g/mol. The standard InChI is InChI=1S/C14H24N4O3S/c1-9(2)22(19,20)18-6-11(8-21-3)12(7-18)14-15-13(16-17-14)10-4-5-10/h9-12H,4-8H2,1-3H3,(H,15,16,17)/t11-,12+/m0/s1. The minimum absolute atomic E-state index is 0.0217. The van der Waals surface area contributed by atoms with Gasteiger partial charge in [-0.3, -0.25) is 5.10 Å². The van der Waals surface area contributed by atoms with Gasteiger partial charge in [0.1, 0.15) is 5.82 Å². The fourth-order valence-corrected chi connectivity index (χ4v) is 4.37. The van der Waals surface area contributed by atoms with E-state index >= 15 is 0 Å². The maximum atomic E-state index is 12.4. The number of ether oxygens (including phenoxy) is 1. The van der Waals surface area contributed by atoms with Gasteiger partial charge in [0.05, 0.1) is 11.9 Å². The number of hydrogen-bond acceptors (Lipinski definition) is 5. The highest BCUT2D eigenvalue weighted by Gasteiger charge is 2.42. The first-order chi connectivity index (χ1) is 10.4. The Morgan fingerprint density at radius 3 is 2.68 bits per heavy atom. The molecule has 0 aromatic carbocycles. The first kappa shape index (κ1) is 15.9. The van der Waals surface area contributed by atoms with Gasteiger partial charge in [-0.1, -0.05) is 0 Å².